The van der Waals surface area contributed by atoms with Crippen LogP contribution in [0.15, 0.2) is 36.4 Å². The first-order valence-corrected chi connectivity index (χ1v) is 14.3. The van der Waals surface area contributed by atoms with E-state index >= 15 is 0 Å². The lowest BCUT2D eigenvalue weighted by Gasteiger charge is -2.29. The van der Waals surface area contributed by atoms with Crippen molar-refractivity contribution in [3.05, 3.63) is 58.7 Å². The molecule has 3 N–H and O–H groups in total. The van der Waals surface area contributed by atoms with Crippen molar-refractivity contribution < 1.29 is 14.3 Å². The molecule has 3 aliphatic carbocycles. The van der Waals surface area contributed by atoms with Crippen LogP contribution >= 0.6 is 0 Å². The Hall–Kier alpha value is -2.66. The summed E-state index contributed by atoms with van der Waals surface area (Å²) in [6.07, 6.45) is 8.16. The summed E-state index contributed by atoms with van der Waals surface area (Å²) < 4.78 is 5.64. The Labute approximate surface area is 221 Å². The van der Waals surface area contributed by atoms with Gasteiger partial charge in [-0.15, -0.1) is 0 Å². The maximum atomic E-state index is 13.4. The first kappa shape index (κ1) is 26.0. The highest BCUT2D eigenvalue weighted by atomic mass is 16.5. The quantitative estimate of drug-likeness (QED) is 0.432. The fourth-order valence-electron chi connectivity index (χ4n) is 7.42. The molecule has 0 aliphatic heterocycles. The number of nitrogens with two attached hydrogens (primary N) is 1. The van der Waals surface area contributed by atoms with Gasteiger partial charge in [-0.1, -0.05) is 44.5 Å². The number of fused-ring (bicyclic) bond motifs is 2. The van der Waals surface area contributed by atoms with Crippen molar-refractivity contribution in [2.24, 2.45) is 35.3 Å². The van der Waals surface area contributed by atoms with Gasteiger partial charge in [-0.3, -0.25) is 9.59 Å². The van der Waals surface area contributed by atoms with E-state index in [4.69, 9.17) is 10.5 Å². The number of methoxy groups -OCH3 is 1. The van der Waals surface area contributed by atoms with E-state index in [2.05, 4.69) is 31.3 Å². The summed E-state index contributed by atoms with van der Waals surface area (Å²) in [7, 11) is 1.70. The zero-order chi connectivity index (χ0) is 26.1. The summed E-state index contributed by atoms with van der Waals surface area (Å²) >= 11 is 0. The van der Waals surface area contributed by atoms with E-state index in [0.29, 0.717) is 36.0 Å². The molecule has 2 saturated carbocycles. The van der Waals surface area contributed by atoms with Crippen molar-refractivity contribution in [3.8, 4) is 5.75 Å². The Balaban J connectivity index is 1.17. The van der Waals surface area contributed by atoms with Crippen molar-refractivity contribution in [2.75, 3.05) is 12.4 Å². The van der Waals surface area contributed by atoms with Crippen LogP contribution in [0, 0.1) is 29.6 Å². The number of carbonyl (C=O) groups is 2. The number of anilines is 1. The molecule has 4 atom stereocenters. The lowest BCUT2D eigenvalue weighted by Crippen LogP contribution is -2.28. The highest BCUT2D eigenvalue weighted by Gasteiger charge is 2.58. The fourth-order valence-corrected chi connectivity index (χ4v) is 7.42. The molecule has 2 aromatic rings. The van der Waals surface area contributed by atoms with Crippen LogP contribution in [0.1, 0.15) is 91.8 Å². The molecule has 37 heavy (non-hydrogen) atoms. The number of benzene rings is 2. The van der Waals surface area contributed by atoms with Crippen LogP contribution in [0.3, 0.4) is 0 Å². The molecule has 5 nitrogen and oxygen atoms in total. The van der Waals surface area contributed by atoms with Crippen LogP contribution in [0.4, 0.5) is 5.69 Å². The molecule has 3 aliphatic rings. The highest BCUT2D eigenvalue weighted by Crippen LogP contribution is 2.59. The molecule has 0 saturated heterocycles. The Morgan fingerprint density at radius 2 is 1.92 bits per heavy atom. The van der Waals surface area contributed by atoms with Gasteiger partial charge in [-0.2, -0.15) is 0 Å². The molecular formula is C32H42N2O3. The number of nitrogens with one attached hydrogen (secondary N) is 1. The van der Waals surface area contributed by atoms with Crippen LogP contribution in [0.2, 0.25) is 0 Å². The molecule has 198 valence electrons. The Kier molecular flexibility index (Phi) is 7.71. The van der Waals surface area contributed by atoms with Crippen LogP contribution in [-0.2, 0) is 17.8 Å². The minimum atomic E-state index is 0.0352. The van der Waals surface area contributed by atoms with Crippen LogP contribution < -0.4 is 15.8 Å². The molecule has 5 heteroatoms. The predicted octanol–water partition coefficient (Wildman–Crippen LogP) is 6.49. The second-order valence-corrected chi connectivity index (χ2v) is 11.6. The monoisotopic (exact) mass is 502 g/mol. The molecule has 2 aromatic carbocycles. The van der Waals surface area contributed by atoms with Gasteiger partial charge in [0, 0.05) is 35.7 Å². The first-order valence-electron chi connectivity index (χ1n) is 14.3. The number of Topliss-reactive ketones (excluding diaryl/α,β-unsaturated/α-hetero) is 1. The third-order valence-electron chi connectivity index (χ3n) is 9.46. The van der Waals surface area contributed by atoms with Crippen molar-refractivity contribution >= 4 is 17.4 Å². The van der Waals surface area contributed by atoms with Gasteiger partial charge in [0.1, 0.15) is 5.75 Å². The van der Waals surface area contributed by atoms with Gasteiger partial charge in [0.25, 0.3) is 0 Å². The van der Waals surface area contributed by atoms with E-state index in [1.807, 2.05) is 24.3 Å². The molecule has 0 heterocycles. The van der Waals surface area contributed by atoms with Gasteiger partial charge in [0.05, 0.1) is 7.11 Å². The van der Waals surface area contributed by atoms with Gasteiger partial charge < -0.3 is 15.8 Å². The van der Waals surface area contributed by atoms with E-state index in [0.717, 1.165) is 73.9 Å². The second-order valence-electron chi connectivity index (χ2n) is 11.6. The summed E-state index contributed by atoms with van der Waals surface area (Å²) in [6, 6.07) is 12.1. The molecule has 0 spiro atoms. The molecule has 5 rings (SSSR count). The van der Waals surface area contributed by atoms with E-state index < -0.39 is 0 Å². The summed E-state index contributed by atoms with van der Waals surface area (Å²) in [5.74, 6) is 3.48. The van der Waals surface area contributed by atoms with E-state index in [1.54, 1.807) is 7.11 Å². The SMILES string of the molecule is CCCC(C)c1ccc(NC(=O)C2CCC(C3C4CCc5c(CN)cccc5C(=O)C43)CC2)cc1OC. The van der Waals surface area contributed by atoms with E-state index in [9.17, 15) is 9.59 Å². The standard InChI is InChI=1S/C32H42N2O3/c1-4-6-19(2)24-14-13-23(17-28(24)37-3)34-32(36)21-11-9-20(10-12-21)29-27-16-15-25-22(18-33)7-5-8-26(25)31(35)30(27)29/h5,7-8,13-14,17,19-21,27,29-30H,4,6,9-12,15-16,18,33H2,1-3H3,(H,34,36). The first-order chi connectivity index (χ1) is 18.0. The van der Waals surface area contributed by atoms with Gasteiger partial charge in [0.2, 0.25) is 5.91 Å². The van der Waals surface area contributed by atoms with Crippen molar-refractivity contribution in [2.45, 2.75) is 77.7 Å². The number of ketones is 1. The number of hydrogen-bond acceptors (Lipinski definition) is 4. The van der Waals surface area contributed by atoms with Crippen molar-refractivity contribution in [1.82, 2.24) is 0 Å². The Morgan fingerprint density at radius 1 is 1.14 bits per heavy atom. The summed E-state index contributed by atoms with van der Waals surface area (Å²) in [5.41, 5.74) is 11.2. The molecule has 2 fully saturated rings. The smallest absolute Gasteiger partial charge is 0.227 e. The molecular weight excluding hydrogens is 460 g/mol. The predicted molar refractivity (Wildman–Crippen MR) is 148 cm³/mol. The Morgan fingerprint density at radius 3 is 2.62 bits per heavy atom. The minimum absolute atomic E-state index is 0.0352. The average molecular weight is 503 g/mol. The summed E-state index contributed by atoms with van der Waals surface area (Å²) in [6.45, 7) is 4.91. The number of carbonyl (C=O) groups excluding carboxylic acids is 2. The normalized spacial score (nSPS) is 27.5. The van der Waals surface area contributed by atoms with E-state index in [1.165, 1.54) is 11.1 Å². The number of ether oxygens (including phenoxy) is 1. The molecule has 0 radical (unpaired) electrons. The largest absolute Gasteiger partial charge is 0.496 e. The summed E-state index contributed by atoms with van der Waals surface area (Å²) in [4.78, 5) is 26.5. The van der Waals surface area contributed by atoms with Gasteiger partial charge in [0.15, 0.2) is 5.78 Å². The lowest BCUT2D eigenvalue weighted by atomic mass is 9.77. The van der Waals surface area contributed by atoms with Crippen LogP contribution in [-0.4, -0.2) is 18.8 Å². The zero-order valence-electron chi connectivity index (χ0n) is 22.6. The number of amides is 1. The molecule has 0 aromatic heterocycles. The molecule has 0 bridgehead atoms. The zero-order valence-corrected chi connectivity index (χ0v) is 22.6. The fraction of sp³-hybridized carbons (Fsp3) is 0.562. The van der Waals surface area contributed by atoms with Gasteiger partial charge in [-0.05, 0) is 91.4 Å². The van der Waals surface area contributed by atoms with Crippen LogP contribution in [0.25, 0.3) is 0 Å². The average Bonchev–Trinajstić information content (AvgIpc) is 3.67. The number of hydrogen-bond donors (Lipinski definition) is 2. The molecule has 1 amide bonds. The lowest BCUT2D eigenvalue weighted by molar-refractivity contribution is -0.121. The van der Waals surface area contributed by atoms with E-state index in [-0.39, 0.29) is 17.7 Å². The minimum Gasteiger partial charge on any atom is -0.496 e. The Bertz CT molecular complexity index is 1150. The summed E-state index contributed by atoms with van der Waals surface area (Å²) in [5, 5.41) is 3.15. The van der Waals surface area contributed by atoms with Crippen LogP contribution in [0.5, 0.6) is 5.75 Å². The third kappa shape index (κ3) is 5.07. The maximum absolute atomic E-state index is 13.4. The highest BCUT2D eigenvalue weighted by molar-refractivity contribution is 6.02. The topological polar surface area (TPSA) is 81.4 Å². The van der Waals surface area contributed by atoms with Crippen molar-refractivity contribution in [1.29, 1.82) is 0 Å². The van der Waals surface area contributed by atoms with Gasteiger partial charge >= 0.3 is 0 Å². The number of rotatable bonds is 8. The maximum Gasteiger partial charge on any atom is 0.227 e. The third-order valence-corrected chi connectivity index (χ3v) is 9.46. The van der Waals surface area contributed by atoms with Crippen molar-refractivity contribution in [3.63, 3.8) is 0 Å². The van der Waals surface area contributed by atoms with Gasteiger partial charge in [-0.25, -0.2) is 0 Å². The second kappa shape index (κ2) is 11.0. The molecule has 4 unspecified atom stereocenters.